The number of carbonyl (C=O) groups is 1. The van der Waals surface area contributed by atoms with E-state index in [1.54, 1.807) is 0 Å². The second kappa shape index (κ2) is 4.53. The zero-order valence-corrected chi connectivity index (χ0v) is 9.98. The number of hydrogen-bond donors (Lipinski definition) is 2. The summed E-state index contributed by atoms with van der Waals surface area (Å²) in [6, 6.07) is 4.74. The molecule has 4 heteroatoms. The molecule has 0 aromatic carbocycles. The number of nitrogens with zero attached hydrogens (tertiary/aromatic N) is 1. The Morgan fingerprint density at radius 2 is 2.29 bits per heavy atom. The Morgan fingerprint density at radius 3 is 3.00 bits per heavy atom. The van der Waals surface area contributed by atoms with Crippen LogP contribution in [0.4, 0.5) is 0 Å². The van der Waals surface area contributed by atoms with Gasteiger partial charge in [-0.2, -0.15) is 0 Å². The monoisotopic (exact) mass is 233 g/mol. The number of aromatic nitrogens is 1. The molecule has 2 N–H and O–H groups in total. The van der Waals surface area contributed by atoms with Gasteiger partial charge in [-0.25, -0.2) is 0 Å². The standard InChI is InChI=1S/C13H19N3O/c17-13(15-10-3-1-7-14-9-10)12-4-2-8-16(12)11-5-6-11/h2,4,8,10-11,14H,1,3,5-7,9H2,(H,15,17)/t10-/m0/s1. The highest BCUT2D eigenvalue weighted by Gasteiger charge is 2.27. The summed E-state index contributed by atoms with van der Waals surface area (Å²) >= 11 is 0. The van der Waals surface area contributed by atoms with Crippen molar-refractivity contribution in [3.05, 3.63) is 24.0 Å². The summed E-state index contributed by atoms with van der Waals surface area (Å²) in [5.74, 6) is 0.0793. The molecule has 2 heterocycles. The molecular formula is C13H19N3O. The van der Waals surface area contributed by atoms with Crippen molar-refractivity contribution in [2.45, 2.75) is 37.8 Å². The van der Waals surface area contributed by atoms with E-state index in [2.05, 4.69) is 15.2 Å². The van der Waals surface area contributed by atoms with Crippen LogP contribution in [-0.2, 0) is 0 Å². The van der Waals surface area contributed by atoms with Gasteiger partial charge in [0.25, 0.3) is 5.91 Å². The molecule has 1 saturated heterocycles. The normalized spacial score (nSPS) is 24.6. The van der Waals surface area contributed by atoms with Crippen LogP contribution in [0.3, 0.4) is 0 Å². The lowest BCUT2D eigenvalue weighted by atomic mass is 10.1. The third kappa shape index (κ3) is 2.36. The van der Waals surface area contributed by atoms with E-state index in [9.17, 15) is 4.79 Å². The van der Waals surface area contributed by atoms with Gasteiger partial charge in [0, 0.05) is 24.8 Å². The first kappa shape index (κ1) is 10.8. The average molecular weight is 233 g/mol. The summed E-state index contributed by atoms with van der Waals surface area (Å²) in [7, 11) is 0. The van der Waals surface area contributed by atoms with Gasteiger partial charge < -0.3 is 15.2 Å². The lowest BCUT2D eigenvalue weighted by molar-refractivity contribution is 0.0921. The molecule has 1 aliphatic carbocycles. The maximum atomic E-state index is 12.2. The van der Waals surface area contributed by atoms with Crippen molar-refractivity contribution >= 4 is 5.91 Å². The minimum absolute atomic E-state index is 0.0793. The summed E-state index contributed by atoms with van der Waals surface area (Å²) in [5.41, 5.74) is 0.818. The Morgan fingerprint density at radius 1 is 1.41 bits per heavy atom. The van der Waals surface area contributed by atoms with Gasteiger partial charge in [-0.1, -0.05) is 0 Å². The third-order valence-electron chi connectivity index (χ3n) is 3.58. The molecule has 0 bridgehead atoms. The lowest BCUT2D eigenvalue weighted by Crippen LogP contribution is -2.46. The Hall–Kier alpha value is -1.29. The van der Waals surface area contributed by atoms with Crippen LogP contribution in [-0.4, -0.2) is 29.6 Å². The van der Waals surface area contributed by atoms with Crippen molar-refractivity contribution in [3.63, 3.8) is 0 Å². The highest BCUT2D eigenvalue weighted by atomic mass is 16.2. The summed E-state index contributed by atoms with van der Waals surface area (Å²) in [4.78, 5) is 12.2. The second-order valence-electron chi connectivity index (χ2n) is 5.05. The molecule has 0 radical (unpaired) electrons. The van der Waals surface area contributed by atoms with Crippen molar-refractivity contribution in [1.29, 1.82) is 0 Å². The van der Waals surface area contributed by atoms with Gasteiger partial charge in [0.15, 0.2) is 0 Å². The lowest BCUT2D eigenvalue weighted by Gasteiger charge is -2.24. The number of carbonyl (C=O) groups excluding carboxylic acids is 1. The topological polar surface area (TPSA) is 46.1 Å². The predicted molar refractivity (Wildman–Crippen MR) is 66.1 cm³/mol. The van der Waals surface area contributed by atoms with Crippen LogP contribution in [0.25, 0.3) is 0 Å². The Kier molecular flexibility index (Phi) is 2.89. The minimum atomic E-state index is 0.0793. The summed E-state index contributed by atoms with van der Waals surface area (Å²) in [5, 5.41) is 6.44. The largest absolute Gasteiger partial charge is 0.347 e. The molecule has 2 fully saturated rings. The van der Waals surface area contributed by atoms with Crippen LogP contribution in [0.5, 0.6) is 0 Å². The number of amides is 1. The van der Waals surface area contributed by atoms with Crippen molar-refractivity contribution < 1.29 is 4.79 Å². The average Bonchev–Trinajstić information content (AvgIpc) is 3.08. The van der Waals surface area contributed by atoms with Gasteiger partial charge in [0.2, 0.25) is 0 Å². The van der Waals surface area contributed by atoms with Crippen LogP contribution in [0.15, 0.2) is 18.3 Å². The van der Waals surface area contributed by atoms with E-state index < -0.39 is 0 Å². The highest BCUT2D eigenvalue weighted by molar-refractivity contribution is 5.93. The molecule has 1 saturated carbocycles. The van der Waals surface area contributed by atoms with Crippen molar-refractivity contribution in [1.82, 2.24) is 15.2 Å². The maximum Gasteiger partial charge on any atom is 0.268 e. The molecule has 2 aliphatic rings. The SMILES string of the molecule is O=C(N[C@H]1CCCNC1)c1cccn1C1CC1. The first-order valence-electron chi connectivity index (χ1n) is 6.53. The van der Waals surface area contributed by atoms with E-state index in [0.29, 0.717) is 12.1 Å². The first-order valence-corrected chi connectivity index (χ1v) is 6.53. The molecule has 1 aliphatic heterocycles. The van der Waals surface area contributed by atoms with Crippen LogP contribution in [0.2, 0.25) is 0 Å². The van der Waals surface area contributed by atoms with E-state index in [1.807, 2.05) is 18.3 Å². The van der Waals surface area contributed by atoms with E-state index in [0.717, 1.165) is 31.6 Å². The fraction of sp³-hybridized carbons (Fsp3) is 0.615. The van der Waals surface area contributed by atoms with Crippen molar-refractivity contribution in [2.75, 3.05) is 13.1 Å². The van der Waals surface area contributed by atoms with E-state index >= 15 is 0 Å². The van der Waals surface area contributed by atoms with E-state index in [1.165, 1.54) is 12.8 Å². The molecule has 0 unspecified atom stereocenters. The Bertz CT molecular complexity index is 403. The van der Waals surface area contributed by atoms with Gasteiger partial charge in [-0.05, 0) is 44.4 Å². The van der Waals surface area contributed by atoms with E-state index in [4.69, 9.17) is 0 Å². The van der Waals surface area contributed by atoms with E-state index in [-0.39, 0.29) is 5.91 Å². The van der Waals surface area contributed by atoms with Gasteiger partial charge >= 0.3 is 0 Å². The fourth-order valence-corrected chi connectivity index (χ4v) is 2.49. The number of nitrogens with one attached hydrogen (secondary N) is 2. The van der Waals surface area contributed by atoms with Crippen LogP contribution in [0.1, 0.15) is 42.2 Å². The number of rotatable bonds is 3. The molecular weight excluding hydrogens is 214 g/mol. The zero-order chi connectivity index (χ0) is 11.7. The molecule has 1 atom stereocenters. The van der Waals surface area contributed by atoms with Crippen LogP contribution < -0.4 is 10.6 Å². The Balaban J connectivity index is 1.66. The third-order valence-corrected chi connectivity index (χ3v) is 3.58. The number of piperidine rings is 1. The quantitative estimate of drug-likeness (QED) is 0.826. The summed E-state index contributed by atoms with van der Waals surface area (Å²) in [6.45, 7) is 1.97. The van der Waals surface area contributed by atoms with Crippen molar-refractivity contribution in [2.24, 2.45) is 0 Å². The van der Waals surface area contributed by atoms with Crippen molar-refractivity contribution in [3.8, 4) is 0 Å². The van der Waals surface area contributed by atoms with Crippen LogP contribution >= 0.6 is 0 Å². The summed E-state index contributed by atoms with van der Waals surface area (Å²) < 4.78 is 2.12. The molecule has 92 valence electrons. The number of hydrogen-bond acceptors (Lipinski definition) is 2. The molecule has 1 aromatic rings. The molecule has 1 amide bonds. The van der Waals surface area contributed by atoms with Gasteiger partial charge in [-0.15, -0.1) is 0 Å². The first-order chi connectivity index (χ1) is 8.34. The molecule has 3 rings (SSSR count). The molecule has 17 heavy (non-hydrogen) atoms. The predicted octanol–water partition coefficient (Wildman–Crippen LogP) is 1.30. The second-order valence-corrected chi connectivity index (χ2v) is 5.05. The van der Waals surface area contributed by atoms with Gasteiger partial charge in [-0.3, -0.25) is 4.79 Å². The summed E-state index contributed by atoms with van der Waals surface area (Å²) in [6.07, 6.45) is 6.67. The maximum absolute atomic E-state index is 12.2. The highest BCUT2D eigenvalue weighted by Crippen LogP contribution is 2.35. The van der Waals surface area contributed by atoms with Gasteiger partial charge in [0.05, 0.1) is 0 Å². The molecule has 0 spiro atoms. The zero-order valence-electron chi connectivity index (χ0n) is 9.98. The molecule has 4 nitrogen and oxygen atoms in total. The minimum Gasteiger partial charge on any atom is -0.347 e. The Labute approximate surface area is 101 Å². The fourth-order valence-electron chi connectivity index (χ4n) is 2.49. The van der Waals surface area contributed by atoms with Gasteiger partial charge in [0.1, 0.15) is 5.69 Å². The molecule has 1 aromatic heterocycles. The smallest absolute Gasteiger partial charge is 0.268 e. The van der Waals surface area contributed by atoms with Crippen LogP contribution in [0, 0.1) is 0 Å².